The first-order valence-corrected chi connectivity index (χ1v) is 18.9. The number of carbonyl (C=O) groups excluding carboxylic acids is 2. The fourth-order valence-corrected chi connectivity index (χ4v) is 8.19. The summed E-state index contributed by atoms with van der Waals surface area (Å²) in [5.41, 5.74) is 3.42. The molecule has 274 valence electrons. The highest BCUT2D eigenvalue weighted by molar-refractivity contribution is 5.94. The second-order valence-corrected chi connectivity index (χ2v) is 15.6. The maximum atomic E-state index is 14.5. The van der Waals surface area contributed by atoms with E-state index < -0.39 is 0 Å². The number of hydrogen-bond donors (Lipinski definition) is 0. The van der Waals surface area contributed by atoms with Crippen LogP contribution in [0.2, 0.25) is 0 Å². The summed E-state index contributed by atoms with van der Waals surface area (Å²) in [6.45, 7) is 7.93. The molecular formula is C40H53N5O6. The monoisotopic (exact) mass is 699 g/mol. The summed E-state index contributed by atoms with van der Waals surface area (Å²) >= 11 is 0. The van der Waals surface area contributed by atoms with Gasteiger partial charge in [0.05, 0.1) is 25.9 Å². The highest BCUT2D eigenvalue weighted by Crippen LogP contribution is 2.41. The molecule has 0 unspecified atom stereocenters. The number of pyridine rings is 2. The van der Waals surface area contributed by atoms with E-state index in [1.807, 2.05) is 30.0 Å². The van der Waals surface area contributed by atoms with Crippen molar-refractivity contribution in [2.75, 3.05) is 38.8 Å². The average molecular weight is 700 g/mol. The normalized spacial score (nSPS) is 24.5. The van der Waals surface area contributed by atoms with Gasteiger partial charge in [-0.25, -0.2) is 14.8 Å². The molecule has 1 aliphatic heterocycles. The zero-order valence-electron chi connectivity index (χ0n) is 30.8. The van der Waals surface area contributed by atoms with Crippen molar-refractivity contribution < 1.29 is 28.2 Å². The van der Waals surface area contributed by atoms with E-state index in [0.29, 0.717) is 74.8 Å². The predicted molar refractivity (Wildman–Crippen MR) is 193 cm³/mol. The number of likely N-dealkylation sites (tertiary alicyclic amines) is 1. The fourth-order valence-electron chi connectivity index (χ4n) is 8.19. The molecule has 0 N–H and O–H groups in total. The lowest BCUT2D eigenvalue weighted by molar-refractivity contribution is -0.144. The Hall–Kier alpha value is -3.99. The number of anilines is 1. The molecule has 3 aliphatic carbocycles. The van der Waals surface area contributed by atoms with Crippen LogP contribution in [0.25, 0.3) is 11.3 Å². The second-order valence-electron chi connectivity index (χ2n) is 15.6. The number of amides is 2. The summed E-state index contributed by atoms with van der Waals surface area (Å²) in [6.07, 6.45) is 12.0. The van der Waals surface area contributed by atoms with Crippen molar-refractivity contribution in [3.8, 4) is 17.0 Å². The third-order valence-corrected chi connectivity index (χ3v) is 11.9. The maximum absolute atomic E-state index is 14.5. The van der Waals surface area contributed by atoms with Gasteiger partial charge in [-0.3, -0.25) is 14.7 Å². The molecule has 51 heavy (non-hydrogen) atoms. The van der Waals surface area contributed by atoms with E-state index in [9.17, 15) is 9.59 Å². The fraction of sp³-hybridized carbons (Fsp3) is 0.625. The number of aromatic nitrogens is 3. The molecule has 3 aromatic rings. The number of rotatable bonds is 11. The number of hydrogen-bond acceptors (Lipinski definition) is 9. The van der Waals surface area contributed by atoms with Crippen LogP contribution in [-0.2, 0) is 14.3 Å². The van der Waals surface area contributed by atoms with Crippen molar-refractivity contribution in [1.29, 1.82) is 0 Å². The molecule has 1 saturated heterocycles. The molecule has 3 saturated carbocycles. The topological polar surface area (TPSA) is 120 Å². The largest absolute Gasteiger partial charge is 0.495 e. The average Bonchev–Trinajstić information content (AvgIpc) is 3.86. The molecule has 4 fully saturated rings. The van der Waals surface area contributed by atoms with Crippen molar-refractivity contribution in [2.24, 2.45) is 17.8 Å². The van der Waals surface area contributed by atoms with Gasteiger partial charge in [-0.05, 0) is 107 Å². The van der Waals surface area contributed by atoms with Crippen LogP contribution >= 0.6 is 0 Å². The quantitative estimate of drug-likeness (QED) is 0.198. The summed E-state index contributed by atoms with van der Waals surface area (Å²) in [5.74, 6) is 3.68. The van der Waals surface area contributed by atoms with Crippen LogP contribution in [0.1, 0.15) is 107 Å². The molecule has 0 bridgehead atoms. The van der Waals surface area contributed by atoms with Crippen LogP contribution in [-0.4, -0.2) is 77.4 Å². The van der Waals surface area contributed by atoms with Crippen molar-refractivity contribution >= 4 is 17.8 Å². The van der Waals surface area contributed by atoms with Gasteiger partial charge in [0.15, 0.2) is 5.89 Å². The highest BCUT2D eigenvalue weighted by atomic mass is 16.6. The van der Waals surface area contributed by atoms with Crippen LogP contribution in [0.15, 0.2) is 41.1 Å². The number of ether oxygens (including phenoxy) is 3. The van der Waals surface area contributed by atoms with Crippen LogP contribution in [0.3, 0.4) is 0 Å². The van der Waals surface area contributed by atoms with Crippen LogP contribution in [0, 0.1) is 24.7 Å². The SMILES string of the molecule is COc1ccc(C2CCC(CN(C(=O)C3CCC(OC(=O)N4CC(OC)(C(C)C)C4)CC3)c3cc(-c4coc(C5CC5)n4)ccn3)CC2)nc1C. The standard InChI is InChI=1S/C40H53N5O6/c1-25(2)40(49-5)23-44(24-40)39(47)51-32-14-12-30(13-15-32)38(46)45(36-20-31(18-19-41-36)34-22-50-37(43-34)29-10-11-29)21-27-6-8-28(9-7-27)33-16-17-35(48-4)26(3)42-33/h16-20,22,25,27-30,32H,6-15,21,23-24H2,1-5H3. The molecular weight excluding hydrogens is 646 g/mol. The molecule has 2 amide bonds. The number of methoxy groups -OCH3 is 2. The van der Waals surface area contributed by atoms with E-state index in [1.165, 1.54) is 0 Å². The lowest BCUT2D eigenvalue weighted by atomic mass is 9.79. The van der Waals surface area contributed by atoms with Gasteiger partial charge < -0.3 is 23.5 Å². The van der Waals surface area contributed by atoms with Crippen molar-refractivity contribution in [3.05, 3.63) is 54.0 Å². The summed E-state index contributed by atoms with van der Waals surface area (Å²) < 4.78 is 22.9. The molecule has 4 heterocycles. The molecule has 3 aromatic heterocycles. The summed E-state index contributed by atoms with van der Waals surface area (Å²) in [6, 6.07) is 8.03. The summed E-state index contributed by atoms with van der Waals surface area (Å²) in [7, 11) is 3.39. The molecule has 0 aromatic carbocycles. The van der Waals surface area contributed by atoms with Crippen molar-refractivity contribution in [3.63, 3.8) is 0 Å². The molecule has 0 radical (unpaired) electrons. The molecule has 0 atom stereocenters. The zero-order valence-corrected chi connectivity index (χ0v) is 30.8. The van der Waals surface area contributed by atoms with E-state index in [0.717, 1.165) is 72.8 Å². The Labute approximate surface area is 301 Å². The van der Waals surface area contributed by atoms with Gasteiger partial charge >= 0.3 is 6.09 Å². The first kappa shape index (κ1) is 35.4. The van der Waals surface area contributed by atoms with Gasteiger partial charge in [-0.2, -0.15) is 0 Å². The Morgan fingerprint density at radius 3 is 2.33 bits per heavy atom. The minimum atomic E-state index is -0.296. The Bertz CT molecular complexity index is 1680. The van der Waals surface area contributed by atoms with E-state index in [-0.39, 0.29) is 29.6 Å². The van der Waals surface area contributed by atoms with E-state index in [2.05, 4.69) is 19.9 Å². The molecule has 11 nitrogen and oxygen atoms in total. The number of nitrogens with zero attached hydrogens (tertiary/aromatic N) is 5. The minimum absolute atomic E-state index is 0.0994. The zero-order chi connectivity index (χ0) is 35.7. The third-order valence-electron chi connectivity index (χ3n) is 11.9. The lowest BCUT2D eigenvalue weighted by Gasteiger charge is -2.51. The van der Waals surface area contributed by atoms with Crippen LogP contribution in [0.4, 0.5) is 10.6 Å². The molecule has 11 heteroatoms. The number of aryl methyl sites for hydroxylation is 1. The maximum Gasteiger partial charge on any atom is 0.410 e. The van der Waals surface area contributed by atoms with Gasteiger partial charge in [0.2, 0.25) is 5.91 Å². The van der Waals surface area contributed by atoms with E-state index in [4.69, 9.17) is 33.6 Å². The minimum Gasteiger partial charge on any atom is -0.495 e. The number of carbonyl (C=O) groups is 2. The molecule has 0 spiro atoms. The molecule has 4 aliphatic rings. The smallest absolute Gasteiger partial charge is 0.410 e. The highest BCUT2D eigenvalue weighted by Gasteiger charge is 2.49. The van der Waals surface area contributed by atoms with E-state index >= 15 is 0 Å². The van der Waals surface area contributed by atoms with Gasteiger partial charge in [0.25, 0.3) is 0 Å². The Balaban J connectivity index is 1.01. The lowest BCUT2D eigenvalue weighted by Crippen LogP contribution is -2.67. The van der Waals surface area contributed by atoms with Gasteiger partial charge in [-0.1, -0.05) is 13.8 Å². The van der Waals surface area contributed by atoms with Crippen LogP contribution in [0.5, 0.6) is 5.75 Å². The van der Waals surface area contributed by atoms with Crippen molar-refractivity contribution in [1.82, 2.24) is 19.9 Å². The van der Waals surface area contributed by atoms with Gasteiger partial charge in [0, 0.05) is 48.9 Å². The summed E-state index contributed by atoms with van der Waals surface area (Å²) in [4.78, 5) is 45.4. The summed E-state index contributed by atoms with van der Waals surface area (Å²) in [5, 5.41) is 0. The second kappa shape index (κ2) is 14.9. The predicted octanol–water partition coefficient (Wildman–Crippen LogP) is 7.69. The van der Waals surface area contributed by atoms with Crippen LogP contribution < -0.4 is 9.64 Å². The van der Waals surface area contributed by atoms with Gasteiger partial charge in [-0.15, -0.1) is 0 Å². The van der Waals surface area contributed by atoms with E-state index in [1.54, 1.807) is 31.6 Å². The van der Waals surface area contributed by atoms with Gasteiger partial charge in [0.1, 0.15) is 35.2 Å². The first-order chi connectivity index (χ1) is 24.7. The Morgan fingerprint density at radius 2 is 1.69 bits per heavy atom. The molecule has 7 rings (SSSR count). The van der Waals surface area contributed by atoms with Crippen molar-refractivity contribution in [2.45, 2.75) is 109 Å². The first-order valence-electron chi connectivity index (χ1n) is 18.9. The third kappa shape index (κ3) is 7.64. The Morgan fingerprint density at radius 1 is 0.961 bits per heavy atom. The number of oxazole rings is 1. The Kier molecular flexibility index (Phi) is 10.4.